The fraction of sp³-hybridized carbons (Fsp3) is 0. The smallest absolute Gasteiger partial charge is 0.160 e. The van der Waals surface area contributed by atoms with Gasteiger partial charge in [0.25, 0.3) is 0 Å². The van der Waals surface area contributed by atoms with E-state index in [4.69, 9.17) is 9.97 Å². The first-order valence-electron chi connectivity index (χ1n) is 16.1. The van der Waals surface area contributed by atoms with Gasteiger partial charge in [-0.15, -0.1) is 0 Å². The van der Waals surface area contributed by atoms with Gasteiger partial charge in [-0.25, -0.2) is 9.97 Å². The molecule has 0 spiro atoms. The van der Waals surface area contributed by atoms with Gasteiger partial charge in [0.05, 0.1) is 39.5 Å². The average molecular weight is 614 g/mol. The van der Waals surface area contributed by atoms with Crippen LogP contribution in [0.4, 0.5) is 0 Å². The van der Waals surface area contributed by atoms with Crippen LogP contribution < -0.4 is 0 Å². The van der Waals surface area contributed by atoms with Crippen molar-refractivity contribution < 1.29 is 0 Å². The number of para-hydroxylation sites is 4. The normalized spacial score (nSPS) is 11.8. The molecule has 5 heteroatoms. The summed E-state index contributed by atoms with van der Waals surface area (Å²) in [6.45, 7) is 0. The lowest BCUT2D eigenvalue weighted by Gasteiger charge is -2.12. The van der Waals surface area contributed by atoms with Gasteiger partial charge in [-0.2, -0.15) is 0 Å². The highest BCUT2D eigenvalue weighted by Crippen LogP contribution is 2.35. The zero-order valence-corrected chi connectivity index (χ0v) is 25.8. The van der Waals surface area contributed by atoms with Crippen molar-refractivity contribution >= 4 is 54.5 Å². The van der Waals surface area contributed by atoms with E-state index >= 15 is 0 Å². The van der Waals surface area contributed by atoms with Crippen LogP contribution in [0.2, 0.25) is 0 Å². The number of aromatic nitrogens is 5. The summed E-state index contributed by atoms with van der Waals surface area (Å²) in [5, 5.41) is 5.97. The minimum atomic E-state index is 0.672. The number of rotatable bonds is 4. The molecule has 224 valence electrons. The van der Waals surface area contributed by atoms with Gasteiger partial charge < -0.3 is 9.13 Å². The van der Waals surface area contributed by atoms with Crippen LogP contribution in [-0.2, 0) is 0 Å². The molecule has 0 aliphatic heterocycles. The highest BCUT2D eigenvalue weighted by atomic mass is 15.0. The van der Waals surface area contributed by atoms with Gasteiger partial charge >= 0.3 is 0 Å². The highest BCUT2D eigenvalue weighted by molar-refractivity contribution is 6.10. The van der Waals surface area contributed by atoms with Crippen LogP contribution >= 0.6 is 0 Å². The average Bonchev–Trinajstić information content (AvgIpc) is 3.68. The van der Waals surface area contributed by atoms with Crippen molar-refractivity contribution in [3.8, 4) is 34.0 Å². The van der Waals surface area contributed by atoms with Crippen LogP contribution in [0.1, 0.15) is 0 Å². The molecule has 0 unspecified atom stereocenters. The monoisotopic (exact) mass is 613 g/mol. The first kappa shape index (κ1) is 26.6. The number of hydrogen-bond acceptors (Lipinski definition) is 3. The lowest BCUT2D eigenvalue weighted by Crippen LogP contribution is -1.98. The molecule has 6 aromatic carbocycles. The van der Waals surface area contributed by atoms with Crippen LogP contribution in [0.5, 0.6) is 0 Å². The van der Waals surface area contributed by atoms with Gasteiger partial charge in [-0.3, -0.25) is 4.98 Å². The van der Waals surface area contributed by atoms with Gasteiger partial charge in [-0.1, -0.05) is 84.9 Å². The summed E-state index contributed by atoms with van der Waals surface area (Å²) in [5.74, 6) is 0.672. The second kappa shape index (κ2) is 10.5. The first-order valence-corrected chi connectivity index (χ1v) is 16.1. The molecule has 4 aromatic heterocycles. The Hall–Kier alpha value is -6.59. The summed E-state index contributed by atoms with van der Waals surface area (Å²) in [6.07, 6.45) is 3.63. The standard InChI is InChI=1S/C43H27N5/c1-5-13-38-32(9-1)33-10-2-6-14-39(33)47(38)30-21-17-28(18-22-30)42-36-25-26-44-27-37(36)45-43(46-42)29-19-23-31(24-20-29)48-40-15-7-3-11-34(40)35-12-4-8-16-41(35)48/h1-27H. The Labute approximate surface area is 276 Å². The SMILES string of the molecule is c1ccc2c(c1)c1ccccc1n2-c1ccc(-c2nc(-c3ccc(-n4c5ccccc5c5ccccc54)cc3)c3ccncc3n2)cc1. The van der Waals surface area contributed by atoms with E-state index in [1.165, 1.54) is 43.6 Å². The molecule has 0 aliphatic rings. The molecule has 0 saturated heterocycles. The molecule has 0 radical (unpaired) electrons. The second-order valence-corrected chi connectivity index (χ2v) is 12.1. The molecule has 4 heterocycles. The van der Waals surface area contributed by atoms with Crippen LogP contribution in [-0.4, -0.2) is 24.1 Å². The van der Waals surface area contributed by atoms with E-state index in [9.17, 15) is 0 Å². The quantitative estimate of drug-likeness (QED) is 0.198. The molecule has 0 aliphatic carbocycles. The van der Waals surface area contributed by atoms with Crippen molar-refractivity contribution in [3.63, 3.8) is 0 Å². The van der Waals surface area contributed by atoms with Gasteiger partial charge in [0.1, 0.15) is 0 Å². The van der Waals surface area contributed by atoms with Crippen molar-refractivity contribution in [2.24, 2.45) is 0 Å². The van der Waals surface area contributed by atoms with E-state index in [2.05, 4.69) is 160 Å². The second-order valence-electron chi connectivity index (χ2n) is 12.1. The van der Waals surface area contributed by atoms with Gasteiger partial charge in [-0.05, 0) is 66.7 Å². The number of hydrogen-bond donors (Lipinski definition) is 0. The maximum atomic E-state index is 5.17. The molecular formula is C43H27N5. The minimum absolute atomic E-state index is 0.672. The van der Waals surface area contributed by atoms with E-state index in [1.54, 1.807) is 0 Å². The number of fused-ring (bicyclic) bond motifs is 7. The molecule has 0 bridgehead atoms. The summed E-state index contributed by atoms with van der Waals surface area (Å²) in [5.41, 5.74) is 10.6. The molecule has 0 saturated carbocycles. The Balaban J connectivity index is 1.07. The van der Waals surface area contributed by atoms with Crippen LogP contribution in [0.25, 0.3) is 88.5 Å². The Kier molecular flexibility index (Phi) is 5.81. The zero-order chi connectivity index (χ0) is 31.6. The molecule has 0 fully saturated rings. The minimum Gasteiger partial charge on any atom is -0.309 e. The van der Waals surface area contributed by atoms with Crippen molar-refractivity contribution in [3.05, 3.63) is 164 Å². The van der Waals surface area contributed by atoms with E-state index in [0.717, 1.165) is 39.1 Å². The summed E-state index contributed by atoms with van der Waals surface area (Å²) >= 11 is 0. The topological polar surface area (TPSA) is 48.5 Å². The Morgan fingerprint density at radius 1 is 0.375 bits per heavy atom. The summed E-state index contributed by atoms with van der Waals surface area (Å²) in [4.78, 5) is 14.5. The van der Waals surface area contributed by atoms with Crippen molar-refractivity contribution in [2.45, 2.75) is 0 Å². The van der Waals surface area contributed by atoms with Crippen molar-refractivity contribution in [1.29, 1.82) is 0 Å². The van der Waals surface area contributed by atoms with Gasteiger partial charge in [0.2, 0.25) is 0 Å². The third kappa shape index (κ3) is 4.01. The largest absolute Gasteiger partial charge is 0.309 e. The predicted molar refractivity (Wildman–Crippen MR) is 197 cm³/mol. The maximum absolute atomic E-state index is 5.17. The molecule has 10 aromatic rings. The fourth-order valence-electron chi connectivity index (χ4n) is 7.26. The fourth-order valence-corrected chi connectivity index (χ4v) is 7.26. The van der Waals surface area contributed by atoms with E-state index in [0.29, 0.717) is 5.82 Å². The van der Waals surface area contributed by atoms with Crippen molar-refractivity contribution in [2.75, 3.05) is 0 Å². The lowest BCUT2D eigenvalue weighted by molar-refractivity contribution is 1.17. The Morgan fingerprint density at radius 3 is 1.29 bits per heavy atom. The van der Waals surface area contributed by atoms with Gasteiger partial charge in [0.15, 0.2) is 5.82 Å². The zero-order valence-electron chi connectivity index (χ0n) is 25.8. The summed E-state index contributed by atoms with van der Waals surface area (Å²) in [7, 11) is 0. The van der Waals surface area contributed by atoms with E-state index in [-0.39, 0.29) is 0 Å². The third-order valence-corrected chi connectivity index (χ3v) is 9.44. The van der Waals surface area contributed by atoms with E-state index in [1.807, 2.05) is 18.5 Å². The lowest BCUT2D eigenvalue weighted by atomic mass is 10.1. The van der Waals surface area contributed by atoms with Gasteiger partial charge in [0, 0.05) is 55.6 Å². The number of benzene rings is 6. The molecule has 10 rings (SSSR count). The highest BCUT2D eigenvalue weighted by Gasteiger charge is 2.16. The third-order valence-electron chi connectivity index (χ3n) is 9.44. The molecule has 0 amide bonds. The van der Waals surface area contributed by atoms with E-state index < -0.39 is 0 Å². The van der Waals surface area contributed by atoms with Crippen LogP contribution in [0.15, 0.2) is 164 Å². The molecule has 5 nitrogen and oxygen atoms in total. The summed E-state index contributed by atoms with van der Waals surface area (Å²) < 4.78 is 4.66. The number of nitrogens with zero attached hydrogens (tertiary/aromatic N) is 5. The Morgan fingerprint density at radius 2 is 0.812 bits per heavy atom. The molecular weight excluding hydrogens is 587 g/mol. The summed E-state index contributed by atoms with van der Waals surface area (Å²) in [6, 6.07) is 53.6. The number of pyridine rings is 1. The molecule has 0 N–H and O–H groups in total. The molecule has 48 heavy (non-hydrogen) atoms. The predicted octanol–water partition coefficient (Wildman–Crippen LogP) is 10.6. The first-order chi connectivity index (χ1) is 23.8. The van der Waals surface area contributed by atoms with Crippen molar-refractivity contribution in [1.82, 2.24) is 24.1 Å². The van der Waals surface area contributed by atoms with Crippen LogP contribution in [0.3, 0.4) is 0 Å². The maximum Gasteiger partial charge on any atom is 0.160 e. The Bertz CT molecular complexity index is 2720. The molecule has 0 atom stereocenters. The van der Waals surface area contributed by atoms with Crippen LogP contribution in [0, 0.1) is 0 Å².